The molecule has 2 aliphatic carbocycles. The van der Waals surface area contributed by atoms with Crippen molar-refractivity contribution >= 4 is 5.78 Å². The van der Waals surface area contributed by atoms with Crippen LogP contribution >= 0.6 is 0 Å². The van der Waals surface area contributed by atoms with Crippen LogP contribution in [0.4, 0.5) is 0 Å². The van der Waals surface area contributed by atoms with E-state index in [2.05, 4.69) is 19.1 Å². The van der Waals surface area contributed by atoms with Crippen molar-refractivity contribution < 1.29 is 9.90 Å². The van der Waals surface area contributed by atoms with Gasteiger partial charge < -0.3 is 5.11 Å². The molecule has 25 heavy (non-hydrogen) atoms. The van der Waals surface area contributed by atoms with E-state index in [9.17, 15) is 9.90 Å². The Kier molecular flexibility index (Phi) is 14.4. The predicted molar refractivity (Wildman–Crippen MR) is 112 cm³/mol. The quantitative estimate of drug-likeness (QED) is 0.554. The second kappa shape index (κ2) is 13.6. The van der Waals surface area contributed by atoms with Crippen molar-refractivity contribution in [1.82, 2.24) is 0 Å². The number of carbonyl (C=O) groups excluding carboxylic acids is 1. The molecule has 2 heteroatoms. The van der Waals surface area contributed by atoms with E-state index in [1.165, 1.54) is 12.8 Å². The van der Waals surface area contributed by atoms with E-state index in [-0.39, 0.29) is 5.41 Å². The molecule has 2 fully saturated rings. The van der Waals surface area contributed by atoms with Crippen LogP contribution in [0.5, 0.6) is 0 Å². The molecule has 3 atom stereocenters. The van der Waals surface area contributed by atoms with Crippen molar-refractivity contribution in [2.45, 2.75) is 113 Å². The molecule has 0 aromatic carbocycles. The van der Waals surface area contributed by atoms with Crippen molar-refractivity contribution in [2.75, 3.05) is 0 Å². The number of aliphatic hydroxyl groups is 1. The average molecular weight is 355 g/mol. The zero-order valence-electron chi connectivity index (χ0n) is 18.6. The highest BCUT2D eigenvalue weighted by Gasteiger charge is 2.50. The molecule has 0 aliphatic heterocycles. The Morgan fingerprint density at radius 2 is 1.64 bits per heavy atom. The molecular weight excluding hydrogens is 308 g/mol. The first-order valence-electron chi connectivity index (χ1n) is 10.7. The number of Topliss-reactive ketones (excluding diaryl/α,β-unsaturated/α-hetero) is 1. The minimum Gasteiger partial charge on any atom is -0.390 e. The first-order chi connectivity index (χ1) is 11.8. The van der Waals surface area contributed by atoms with E-state index in [1.54, 1.807) is 0 Å². The van der Waals surface area contributed by atoms with Gasteiger partial charge >= 0.3 is 0 Å². The fourth-order valence-corrected chi connectivity index (χ4v) is 4.06. The number of hydrogen-bond donors (Lipinski definition) is 1. The first-order valence-corrected chi connectivity index (χ1v) is 10.7. The van der Waals surface area contributed by atoms with Gasteiger partial charge in [0.2, 0.25) is 0 Å². The Morgan fingerprint density at radius 1 is 1.08 bits per heavy atom. The SMILES string of the molecule is CC.CC.CC.CC(C)(O)C/C=C/C[C@H]1CCC2C(=O)CCC[C@@]21C. The van der Waals surface area contributed by atoms with Crippen molar-refractivity contribution in [3.8, 4) is 0 Å². The van der Waals surface area contributed by atoms with Gasteiger partial charge in [0, 0.05) is 12.3 Å². The van der Waals surface area contributed by atoms with Gasteiger partial charge in [0.25, 0.3) is 0 Å². The molecule has 2 rings (SSSR count). The number of fused-ring (bicyclic) bond motifs is 1. The molecule has 2 saturated carbocycles. The molecule has 1 unspecified atom stereocenters. The first kappa shape index (κ1) is 26.6. The third-order valence-corrected chi connectivity index (χ3v) is 5.26. The number of carbonyl (C=O) groups is 1. The Labute approximate surface area is 158 Å². The lowest BCUT2D eigenvalue weighted by Crippen LogP contribution is -2.37. The largest absolute Gasteiger partial charge is 0.390 e. The normalized spacial score (nSPS) is 28.0. The molecule has 0 heterocycles. The predicted octanol–water partition coefficient (Wildman–Crippen LogP) is 6.96. The number of rotatable bonds is 4. The highest BCUT2D eigenvalue weighted by atomic mass is 16.3. The van der Waals surface area contributed by atoms with Gasteiger partial charge in [0.15, 0.2) is 0 Å². The van der Waals surface area contributed by atoms with Crippen LogP contribution in [0.1, 0.15) is 107 Å². The number of hydrogen-bond acceptors (Lipinski definition) is 2. The highest BCUT2D eigenvalue weighted by Crippen LogP contribution is 2.55. The van der Waals surface area contributed by atoms with Crippen LogP contribution in [0.3, 0.4) is 0 Å². The summed E-state index contributed by atoms with van der Waals surface area (Å²) in [5.41, 5.74) is -0.367. The second-order valence-electron chi connectivity index (χ2n) is 7.38. The summed E-state index contributed by atoms with van der Waals surface area (Å²) in [6.45, 7) is 18.0. The van der Waals surface area contributed by atoms with Crippen LogP contribution in [-0.4, -0.2) is 16.5 Å². The zero-order chi connectivity index (χ0) is 20.1. The Balaban J connectivity index is 0. The van der Waals surface area contributed by atoms with Crippen LogP contribution < -0.4 is 0 Å². The van der Waals surface area contributed by atoms with E-state index in [0.717, 1.165) is 25.7 Å². The van der Waals surface area contributed by atoms with Gasteiger partial charge in [-0.1, -0.05) is 60.6 Å². The maximum Gasteiger partial charge on any atom is 0.136 e. The lowest BCUT2D eigenvalue weighted by molar-refractivity contribution is -0.129. The van der Waals surface area contributed by atoms with E-state index < -0.39 is 5.60 Å². The summed E-state index contributed by atoms with van der Waals surface area (Å²) in [6.07, 6.45) is 11.5. The van der Waals surface area contributed by atoms with Gasteiger partial charge in [-0.2, -0.15) is 0 Å². The molecule has 0 aromatic rings. The lowest BCUT2D eigenvalue weighted by atomic mass is 9.64. The highest BCUT2D eigenvalue weighted by molar-refractivity contribution is 5.83. The summed E-state index contributed by atoms with van der Waals surface area (Å²) in [5.74, 6) is 1.49. The Bertz CT molecular complexity index is 365. The number of ketones is 1. The fourth-order valence-electron chi connectivity index (χ4n) is 4.06. The Hall–Kier alpha value is -0.630. The van der Waals surface area contributed by atoms with E-state index in [1.807, 2.05) is 55.4 Å². The Morgan fingerprint density at radius 3 is 2.16 bits per heavy atom. The van der Waals surface area contributed by atoms with Crippen molar-refractivity contribution in [2.24, 2.45) is 17.3 Å². The minimum atomic E-state index is -0.612. The minimum absolute atomic E-state index is 0.244. The molecule has 2 aliphatic rings. The van der Waals surface area contributed by atoms with Crippen LogP contribution in [0, 0.1) is 17.3 Å². The van der Waals surface area contributed by atoms with E-state index in [0.29, 0.717) is 24.0 Å². The molecule has 0 amide bonds. The van der Waals surface area contributed by atoms with Crippen LogP contribution in [-0.2, 0) is 4.79 Å². The van der Waals surface area contributed by atoms with Crippen molar-refractivity contribution in [3.63, 3.8) is 0 Å². The molecule has 1 N–H and O–H groups in total. The topological polar surface area (TPSA) is 37.3 Å². The molecule has 0 saturated heterocycles. The van der Waals surface area contributed by atoms with Crippen molar-refractivity contribution in [3.05, 3.63) is 12.2 Å². The van der Waals surface area contributed by atoms with Gasteiger partial charge in [-0.25, -0.2) is 0 Å². The molecular formula is C23H46O2. The number of allylic oxidation sites excluding steroid dienone is 1. The summed E-state index contributed by atoms with van der Waals surface area (Å²) in [4.78, 5) is 12.0. The van der Waals surface area contributed by atoms with Crippen LogP contribution in [0.25, 0.3) is 0 Å². The third-order valence-electron chi connectivity index (χ3n) is 5.26. The van der Waals surface area contributed by atoms with Crippen LogP contribution in [0.2, 0.25) is 0 Å². The van der Waals surface area contributed by atoms with Gasteiger partial charge in [0.05, 0.1) is 5.60 Å². The van der Waals surface area contributed by atoms with Gasteiger partial charge in [-0.05, 0) is 63.7 Å². The van der Waals surface area contributed by atoms with E-state index >= 15 is 0 Å². The summed E-state index contributed by atoms with van der Waals surface area (Å²) in [6, 6.07) is 0. The van der Waals surface area contributed by atoms with Gasteiger partial charge in [-0.15, -0.1) is 0 Å². The summed E-state index contributed by atoms with van der Waals surface area (Å²) in [7, 11) is 0. The molecule has 0 spiro atoms. The molecule has 0 radical (unpaired) electrons. The zero-order valence-corrected chi connectivity index (χ0v) is 18.6. The third kappa shape index (κ3) is 8.53. The maximum absolute atomic E-state index is 12.0. The summed E-state index contributed by atoms with van der Waals surface area (Å²) >= 11 is 0. The smallest absolute Gasteiger partial charge is 0.136 e. The van der Waals surface area contributed by atoms with Crippen LogP contribution in [0.15, 0.2) is 12.2 Å². The average Bonchev–Trinajstić information content (AvgIpc) is 2.94. The maximum atomic E-state index is 12.0. The molecule has 0 bridgehead atoms. The molecule has 150 valence electrons. The standard InChI is InChI=1S/C17H28O2.3C2H6/c1-16(2,19)11-5-4-7-13-9-10-14-15(18)8-6-12-17(13,14)3;3*1-2/h4-5,13-14,19H,6-12H2,1-3H3;3*1-2H3/b5-4+;;;/t13-,14?,17+;;;/m0.../s1. The molecule has 2 nitrogen and oxygen atoms in total. The fraction of sp³-hybridized carbons (Fsp3) is 0.870. The molecule has 0 aromatic heterocycles. The summed E-state index contributed by atoms with van der Waals surface area (Å²) in [5, 5.41) is 9.69. The van der Waals surface area contributed by atoms with Crippen molar-refractivity contribution in [1.29, 1.82) is 0 Å². The summed E-state index contributed by atoms with van der Waals surface area (Å²) < 4.78 is 0. The lowest BCUT2D eigenvalue weighted by Gasteiger charge is -2.39. The monoisotopic (exact) mass is 354 g/mol. The van der Waals surface area contributed by atoms with Gasteiger partial charge in [0.1, 0.15) is 5.78 Å². The van der Waals surface area contributed by atoms with Gasteiger partial charge in [-0.3, -0.25) is 4.79 Å². The second-order valence-corrected chi connectivity index (χ2v) is 7.38. The van der Waals surface area contributed by atoms with E-state index in [4.69, 9.17) is 0 Å².